The number of halogens is 1. The van der Waals surface area contributed by atoms with E-state index in [4.69, 9.17) is 16.3 Å². The van der Waals surface area contributed by atoms with E-state index in [1.54, 1.807) is 7.11 Å². The Morgan fingerprint density at radius 3 is 2.58 bits per heavy atom. The van der Waals surface area contributed by atoms with Gasteiger partial charge in [-0.1, -0.05) is 18.5 Å². The zero-order valence-corrected chi connectivity index (χ0v) is 20.4. The quantitative estimate of drug-likeness (QED) is 0.610. The van der Waals surface area contributed by atoms with Gasteiger partial charge in [0, 0.05) is 29.2 Å². The van der Waals surface area contributed by atoms with Crippen LogP contribution in [0.15, 0.2) is 18.3 Å². The average Bonchev–Trinajstić information content (AvgIpc) is 3.13. The molecule has 31 heavy (non-hydrogen) atoms. The Hall–Kier alpha value is -2.19. The summed E-state index contributed by atoms with van der Waals surface area (Å²) in [5, 5.41) is 10.9. The molecule has 5 nitrogen and oxygen atoms in total. The lowest BCUT2D eigenvalue weighted by Crippen LogP contribution is -2.56. The highest BCUT2D eigenvalue weighted by atomic mass is 35.5. The first-order valence-corrected chi connectivity index (χ1v) is 11.4. The summed E-state index contributed by atoms with van der Waals surface area (Å²) in [6.45, 7) is 12.2. The van der Waals surface area contributed by atoms with Crippen LogP contribution >= 0.6 is 11.6 Å². The normalized spacial score (nSPS) is 22.4. The minimum absolute atomic E-state index is 0.0374. The number of hydrogen-bond acceptors (Lipinski definition) is 3. The molecule has 3 rings (SSSR count). The van der Waals surface area contributed by atoms with Crippen molar-refractivity contribution in [2.45, 2.75) is 78.3 Å². The lowest BCUT2D eigenvalue weighted by atomic mass is 9.76. The summed E-state index contributed by atoms with van der Waals surface area (Å²) in [6.07, 6.45) is 4.44. The standard InChI is InChI=1S/C25H34ClN3O2/c1-15-10-16(2)29(17(11-15)12-24(3,4)14-27)23(30)25(5,6)18-13-28-19-8-9-20(31-7)22(26)21(18)19/h8-9,13,15-17,28H,10-12H2,1-7H3. The predicted octanol–water partition coefficient (Wildman–Crippen LogP) is 6.06. The number of benzene rings is 1. The van der Waals surface area contributed by atoms with Crippen LogP contribution in [0.3, 0.4) is 0 Å². The van der Waals surface area contributed by atoms with Crippen LogP contribution in [-0.4, -0.2) is 35.0 Å². The van der Waals surface area contributed by atoms with Gasteiger partial charge in [0.15, 0.2) is 0 Å². The maximum Gasteiger partial charge on any atom is 0.233 e. The molecule has 0 aliphatic carbocycles. The summed E-state index contributed by atoms with van der Waals surface area (Å²) in [7, 11) is 1.59. The minimum atomic E-state index is -0.794. The second-order valence-corrected chi connectivity index (χ2v) is 10.7. The molecule has 2 heterocycles. The monoisotopic (exact) mass is 443 g/mol. The van der Waals surface area contributed by atoms with Gasteiger partial charge >= 0.3 is 0 Å². The van der Waals surface area contributed by atoms with Crippen LogP contribution in [-0.2, 0) is 10.2 Å². The van der Waals surface area contributed by atoms with Gasteiger partial charge in [0.25, 0.3) is 0 Å². The molecule has 2 aromatic rings. The molecule has 1 aromatic carbocycles. The number of methoxy groups -OCH3 is 1. The number of fused-ring (bicyclic) bond motifs is 1. The van der Waals surface area contributed by atoms with Gasteiger partial charge in [-0.3, -0.25) is 4.79 Å². The molecule has 0 bridgehead atoms. The number of nitriles is 1. The molecule has 6 heteroatoms. The van der Waals surface area contributed by atoms with Crippen LogP contribution in [0.2, 0.25) is 5.02 Å². The summed E-state index contributed by atoms with van der Waals surface area (Å²) in [5.74, 6) is 1.19. The number of aromatic amines is 1. The molecule has 0 saturated carbocycles. The molecule has 1 aliphatic heterocycles. The Labute approximate surface area is 190 Å². The number of nitrogens with zero attached hydrogens (tertiary/aromatic N) is 2. The number of hydrogen-bond donors (Lipinski definition) is 1. The SMILES string of the molecule is COc1ccc2[nH]cc(C(C)(C)C(=O)N3C(C)CC(C)CC3CC(C)(C)C#N)c2c1Cl. The summed E-state index contributed by atoms with van der Waals surface area (Å²) in [6, 6.07) is 6.32. The number of piperidine rings is 1. The van der Waals surface area contributed by atoms with Crippen molar-refractivity contribution in [2.24, 2.45) is 11.3 Å². The lowest BCUT2D eigenvalue weighted by molar-refractivity contribution is -0.144. The van der Waals surface area contributed by atoms with E-state index in [1.807, 2.05) is 50.9 Å². The van der Waals surface area contributed by atoms with E-state index in [0.717, 1.165) is 29.3 Å². The molecule has 168 valence electrons. The van der Waals surface area contributed by atoms with E-state index in [0.29, 0.717) is 23.1 Å². The molecular formula is C25H34ClN3O2. The first-order chi connectivity index (χ1) is 14.4. The van der Waals surface area contributed by atoms with Crippen molar-refractivity contribution >= 4 is 28.4 Å². The summed E-state index contributed by atoms with van der Waals surface area (Å²) < 4.78 is 5.41. The zero-order valence-electron chi connectivity index (χ0n) is 19.7. The molecule has 1 aliphatic rings. The van der Waals surface area contributed by atoms with Gasteiger partial charge < -0.3 is 14.6 Å². The molecule has 1 saturated heterocycles. The van der Waals surface area contributed by atoms with E-state index in [-0.39, 0.29) is 18.0 Å². The van der Waals surface area contributed by atoms with Crippen molar-refractivity contribution in [3.05, 3.63) is 28.9 Å². The minimum Gasteiger partial charge on any atom is -0.495 e. The van der Waals surface area contributed by atoms with Gasteiger partial charge in [-0.25, -0.2) is 0 Å². The molecule has 1 aromatic heterocycles. The third-order valence-corrected chi connectivity index (χ3v) is 7.12. The molecule has 0 radical (unpaired) electrons. The predicted molar refractivity (Wildman–Crippen MR) is 125 cm³/mol. The van der Waals surface area contributed by atoms with Crippen molar-refractivity contribution in [3.8, 4) is 11.8 Å². The van der Waals surface area contributed by atoms with E-state index in [2.05, 4.69) is 24.9 Å². The number of likely N-dealkylation sites (tertiary alicyclic amines) is 1. The molecular weight excluding hydrogens is 410 g/mol. The Morgan fingerprint density at radius 1 is 1.29 bits per heavy atom. The van der Waals surface area contributed by atoms with E-state index < -0.39 is 10.8 Å². The topological polar surface area (TPSA) is 69.1 Å². The number of H-pyrrole nitrogens is 1. The maximum absolute atomic E-state index is 14.1. The summed E-state index contributed by atoms with van der Waals surface area (Å²) >= 11 is 6.66. The molecule has 3 atom stereocenters. The number of carbonyl (C=O) groups excluding carboxylic acids is 1. The van der Waals surface area contributed by atoms with Crippen LogP contribution in [0.4, 0.5) is 0 Å². The van der Waals surface area contributed by atoms with Crippen LogP contribution in [0.5, 0.6) is 5.75 Å². The third-order valence-electron chi connectivity index (χ3n) is 6.75. The van der Waals surface area contributed by atoms with Gasteiger partial charge in [0.05, 0.1) is 29.0 Å². The van der Waals surface area contributed by atoms with E-state index >= 15 is 0 Å². The average molecular weight is 444 g/mol. The largest absolute Gasteiger partial charge is 0.495 e. The number of nitrogens with one attached hydrogen (secondary N) is 1. The molecule has 1 amide bonds. The van der Waals surface area contributed by atoms with Crippen molar-refractivity contribution in [1.29, 1.82) is 5.26 Å². The summed E-state index contributed by atoms with van der Waals surface area (Å²) in [5.41, 5.74) is 0.462. The Balaban J connectivity index is 2.05. The van der Waals surface area contributed by atoms with E-state index in [1.165, 1.54) is 0 Å². The van der Waals surface area contributed by atoms with Crippen molar-refractivity contribution in [2.75, 3.05) is 7.11 Å². The second kappa shape index (κ2) is 8.39. The lowest BCUT2D eigenvalue weighted by Gasteiger charge is -2.47. The molecule has 0 spiro atoms. The Morgan fingerprint density at radius 2 is 1.97 bits per heavy atom. The fourth-order valence-corrected chi connectivity index (χ4v) is 5.51. The van der Waals surface area contributed by atoms with Crippen molar-refractivity contribution < 1.29 is 9.53 Å². The van der Waals surface area contributed by atoms with Crippen molar-refractivity contribution in [1.82, 2.24) is 9.88 Å². The van der Waals surface area contributed by atoms with Gasteiger partial charge in [0.1, 0.15) is 5.75 Å². The molecule has 1 N–H and O–H groups in total. The fraction of sp³-hybridized carbons (Fsp3) is 0.600. The summed E-state index contributed by atoms with van der Waals surface area (Å²) in [4.78, 5) is 19.4. The number of amides is 1. The number of ether oxygens (including phenoxy) is 1. The first-order valence-electron chi connectivity index (χ1n) is 11.0. The van der Waals surface area contributed by atoms with Gasteiger partial charge in [-0.05, 0) is 77.5 Å². The number of carbonyl (C=O) groups is 1. The Kier molecular flexibility index (Phi) is 6.35. The highest BCUT2D eigenvalue weighted by Gasteiger charge is 2.44. The van der Waals surface area contributed by atoms with Crippen molar-refractivity contribution in [3.63, 3.8) is 0 Å². The number of rotatable bonds is 5. The second-order valence-electron chi connectivity index (χ2n) is 10.3. The maximum atomic E-state index is 14.1. The van der Waals surface area contributed by atoms with Crippen LogP contribution in [0.25, 0.3) is 10.9 Å². The molecule has 1 fully saturated rings. The van der Waals surface area contributed by atoms with Crippen LogP contribution in [0.1, 0.15) is 66.4 Å². The van der Waals surface area contributed by atoms with Gasteiger partial charge in [-0.15, -0.1) is 0 Å². The van der Waals surface area contributed by atoms with Gasteiger partial charge in [0.2, 0.25) is 5.91 Å². The van der Waals surface area contributed by atoms with E-state index in [9.17, 15) is 10.1 Å². The Bertz CT molecular complexity index is 1020. The fourth-order valence-electron chi connectivity index (χ4n) is 5.16. The first kappa shape index (κ1) is 23.5. The van der Waals surface area contributed by atoms with Crippen LogP contribution in [0, 0.1) is 22.7 Å². The van der Waals surface area contributed by atoms with Gasteiger partial charge in [-0.2, -0.15) is 5.26 Å². The number of aromatic nitrogens is 1. The van der Waals surface area contributed by atoms with Crippen LogP contribution < -0.4 is 4.74 Å². The highest BCUT2D eigenvalue weighted by Crippen LogP contribution is 2.42. The highest BCUT2D eigenvalue weighted by molar-refractivity contribution is 6.37. The smallest absolute Gasteiger partial charge is 0.233 e. The zero-order chi connectivity index (χ0) is 23.1. The molecule has 3 unspecified atom stereocenters. The third kappa shape index (κ3) is 4.28.